The number of rotatable bonds is 7. The molecule has 0 aliphatic rings. The molecule has 8 aromatic carbocycles. The molecule has 3 nitrogen and oxygen atoms in total. The van der Waals surface area contributed by atoms with Crippen molar-refractivity contribution >= 4 is 75.4 Å². The Labute approximate surface area is 425 Å². The largest absolute Gasteiger partial charge is 1.00 e. The number of hydrogen-bond acceptors (Lipinski definition) is 3. The molecule has 0 aromatic heterocycles. The molecule has 7 heteroatoms. The molecule has 0 radical (unpaired) electrons. The van der Waals surface area contributed by atoms with Gasteiger partial charge in [0.2, 0.25) is 0 Å². The van der Waals surface area contributed by atoms with Gasteiger partial charge in [-0.05, 0) is 86.5 Å². The van der Waals surface area contributed by atoms with Crippen LogP contribution in [-0.4, -0.2) is 6.16 Å². The molecule has 0 aliphatic heterocycles. The van der Waals surface area contributed by atoms with Gasteiger partial charge in [0.05, 0.1) is 0 Å². The van der Waals surface area contributed by atoms with Crippen molar-refractivity contribution in [3.8, 4) is 11.1 Å². The van der Waals surface area contributed by atoms with Crippen LogP contribution in [0, 0.1) is 0 Å². The summed E-state index contributed by atoms with van der Waals surface area (Å²) in [6.45, 7) is 0. The molecule has 0 amide bonds. The second-order valence-electron chi connectivity index (χ2n) is 11.6. The van der Waals surface area contributed by atoms with Crippen LogP contribution in [0.5, 0.6) is 0 Å². The van der Waals surface area contributed by atoms with Gasteiger partial charge >= 0.3 is 138 Å². The zero-order chi connectivity index (χ0) is 34.3. The Balaban J connectivity index is 0.000000830. The number of carbonyl (C=O) groups excluding carboxylic acids is 1. The van der Waals surface area contributed by atoms with E-state index in [4.69, 9.17) is 15.0 Å². The monoisotopic (exact) mass is 948 g/mol. The molecule has 0 N–H and O–H groups in total. The molecule has 0 spiro atoms. The van der Waals surface area contributed by atoms with Gasteiger partial charge in [-0.15, -0.1) is 0 Å². The molecule has 0 aliphatic carbocycles. The third-order valence-corrected chi connectivity index (χ3v) is 13.6. The van der Waals surface area contributed by atoms with E-state index in [1.165, 1.54) is 64.5 Å². The Hall–Kier alpha value is -1.49. The summed E-state index contributed by atoms with van der Waals surface area (Å²) in [5.74, 6) is 0. The van der Waals surface area contributed by atoms with E-state index < -0.39 is 22.0 Å². The number of fused-ring (bicyclic) bond motifs is 2. The van der Waals surface area contributed by atoms with Crippen molar-refractivity contribution in [1.29, 1.82) is 0 Å². The van der Waals surface area contributed by atoms with Crippen molar-refractivity contribution in [3.63, 3.8) is 0 Å². The quantitative estimate of drug-likeness (QED) is 0.222. The Bertz CT molecular complexity index is 2130. The maximum atomic E-state index is 8.33. The van der Waals surface area contributed by atoms with Crippen LogP contribution in [0.2, 0.25) is 0 Å². The van der Waals surface area contributed by atoms with Crippen molar-refractivity contribution in [2.75, 3.05) is 0 Å². The van der Waals surface area contributed by atoms with Crippen LogP contribution in [0.15, 0.2) is 194 Å². The maximum absolute atomic E-state index is 8.33. The van der Waals surface area contributed by atoms with E-state index in [1.807, 2.05) is 0 Å². The summed E-state index contributed by atoms with van der Waals surface area (Å²) in [5, 5.41) is 30.0. The number of hydrogen-bond donors (Lipinski definition) is 0. The SMILES string of the molecule is O=C([O-])[O-].[Cs+].[Cs+].c1ccc(P(c2ccccc2)c2ccc3ccccc3c2-c2c(P(c3ccccc3)c3ccccc3)ccc3ccccc23)cc1. The summed E-state index contributed by atoms with van der Waals surface area (Å²) in [7, 11) is -1.70. The third-order valence-electron chi connectivity index (χ3n) is 8.60. The van der Waals surface area contributed by atoms with Crippen LogP contribution in [0.3, 0.4) is 0 Å². The topological polar surface area (TPSA) is 63.2 Å². The molecule has 8 rings (SSSR count). The minimum atomic E-state index is -2.33. The van der Waals surface area contributed by atoms with Gasteiger partial charge in [-0.3, -0.25) is 0 Å². The van der Waals surface area contributed by atoms with Gasteiger partial charge in [0, 0.05) is 0 Å². The molecule has 0 atom stereocenters. The van der Waals surface area contributed by atoms with Crippen LogP contribution in [-0.2, 0) is 0 Å². The molecule has 0 unspecified atom stereocenters. The van der Waals surface area contributed by atoms with Crippen LogP contribution < -0.4 is 180 Å². The second kappa shape index (κ2) is 20.4. The first-order valence-corrected chi connectivity index (χ1v) is 19.0. The summed E-state index contributed by atoms with van der Waals surface area (Å²) < 4.78 is 0. The van der Waals surface area contributed by atoms with Gasteiger partial charge in [-0.1, -0.05) is 194 Å². The average molecular weight is 949 g/mol. The number of carboxylic acid groups (broad SMARTS) is 2. The normalized spacial score (nSPS) is 10.6. The van der Waals surface area contributed by atoms with Crippen LogP contribution in [0.1, 0.15) is 0 Å². The van der Waals surface area contributed by atoms with Gasteiger partial charge in [-0.2, -0.15) is 0 Å². The Morgan fingerprint density at radius 3 is 0.885 bits per heavy atom. The summed E-state index contributed by atoms with van der Waals surface area (Å²) in [6, 6.07) is 71.8. The molecule has 0 saturated carbocycles. The van der Waals surface area contributed by atoms with Gasteiger partial charge in [0.15, 0.2) is 0 Å². The molecule has 52 heavy (non-hydrogen) atoms. The minimum Gasteiger partial charge on any atom is -0.652 e. The van der Waals surface area contributed by atoms with E-state index >= 15 is 0 Å². The van der Waals surface area contributed by atoms with Gasteiger partial charge in [0.1, 0.15) is 0 Å². The van der Waals surface area contributed by atoms with E-state index in [0.29, 0.717) is 0 Å². The number of carbonyl (C=O) groups is 1. The van der Waals surface area contributed by atoms with Crippen molar-refractivity contribution < 1.29 is 153 Å². The van der Waals surface area contributed by atoms with Crippen molar-refractivity contribution in [2.45, 2.75) is 0 Å². The summed E-state index contributed by atoms with van der Waals surface area (Å²) >= 11 is 0. The van der Waals surface area contributed by atoms with Crippen molar-refractivity contribution in [3.05, 3.63) is 194 Å². The third kappa shape index (κ3) is 9.65. The first kappa shape index (κ1) is 41.7. The van der Waals surface area contributed by atoms with Crippen molar-refractivity contribution in [1.82, 2.24) is 0 Å². The van der Waals surface area contributed by atoms with E-state index in [1.54, 1.807) is 0 Å². The minimum absolute atomic E-state index is 0. The van der Waals surface area contributed by atoms with Crippen molar-refractivity contribution in [2.24, 2.45) is 0 Å². The molecule has 0 bridgehead atoms. The van der Waals surface area contributed by atoms with Crippen LogP contribution >= 0.6 is 15.8 Å². The summed E-state index contributed by atoms with van der Waals surface area (Å²) in [5.41, 5.74) is 2.70. The number of benzene rings is 8. The van der Waals surface area contributed by atoms with E-state index in [9.17, 15) is 0 Å². The molecular weight excluding hydrogens is 916 g/mol. The fraction of sp³-hybridized carbons (Fsp3) is 0. The Kier molecular flexibility index (Phi) is 16.4. The smallest absolute Gasteiger partial charge is 0.652 e. The van der Waals surface area contributed by atoms with E-state index in [2.05, 4.69) is 194 Å². The fourth-order valence-corrected chi connectivity index (χ4v) is 11.5. The molecule has 0 heterocycles. The fourth-order valence-electron chi connectivity index (χ4n) is 6.58. The van der Waals surface area contributed by atoms with Crippen LogP contribution in [0.25, 0.3) is 32.7 Å². The molecule has 8 aromatic rings. The second-order valence-corrected chi connectivity index (χ2v) is 16.0. The van der Waals surface area contributed by atoms with E-state index in [-0.39, 0.29) is 138 Å². The van der Waals surface area contributed by atoms with Gasteiger partial charge < -0.3 is 15.0 Å². The van der Waals surface area contributed by atoms with Gasteiger partial charge in [-0.25, -0.2) is 0 Å². The first-order valence-electron chi connectivity index (χ1n) is 16.3. The average Bonchev–Trinajstić information content (AvgIpc) is 3.16. The van der Waals surface area contributed by atoms with E-state index in [0.717, 1.165) is 0 Å². The Morgan fingerprint density at radius 1 is 0.346 bits per heavy atom. The summed E-state index contributed by atoms with van der Waals surface area (Å²) in [6.07, 6.45) is -2.33. The molecule has 0 fully saturated rings. The zero-order valence-corrected chi connectivity index (χ0v) is 43.4. The molecular formula is C45H32Cs2O3P2. The predicted octanol–water partition coefficient (Wildman–Crippen LogP) is 0.737. The standard InChI is InChI=1S/C44H32P2.CH2O3.2Cs/c1-5-19-35(20-6-1)45(36-21-7-2-8-22-36)41-31-29-33-17-13-15-27-39(33)43(41)44-40-28-16-14-18-34(40)30-32-42(44)46(37-23-9-3-10-24-37)38-25-11-4-12-26-38;2-1(3)4;;/h1-32H;(H2,2,3,4);;/q;;2*+1/p-2. The van der Waals surface area contributed by atoms with Crippen LogP contribution in [0.4, 0.5) is 4.79 Å². The predicted molar refractivity (Wildman–Crippen MR) is 210 cm³/mol. The molecule has 242 valence electrons. The Morgan fingerprint density at radius 2 is 0.596 bits per heavy atom. The molecule has 0 saturated heterocycles. The first-order chi connectivity index (χ1) is 24.6. The summed E-state index contributed by atoms with van der Waals surface area (Å²) in [4.78, 5) is 8.33. The van der Waals surface area contributed by atoms with Gasteiger partial charge in [0.25, 0.3) is 0 Å². The zero-order valence-electron chi connectivity index (χ0n) is 29.1. The maximum Gasteiger partial charge on any atom is 1.00 e.